The van der Waals surface area contributed by atoms with Crippen LogP contribution < -0.4 is 0 Å². The summed E-state index contributed by atoms with van der Waals surface area (Å²) in [6.07, 6.45) is 3.30. The highest BCUT2D eigenvalue weighted by Crippen LogP contribution is 2.34. The third kappa shape index (κ3) is 3.02. The van der Waals surface area contributed by atoms with E-state index in [9.17, 15) is 19.7 Å². The van der Waals surface area contributed by atoms with Gasteiger partial charge in [-0.05, 0) is 30.0 Å². The standard InChI is InChI=1S/C15H11N3O4S/c19-14-13(8-11-5-3-7-16-11)23-15(20)17(14)9-10-4-1-2-6-12(10)18(21)22/h1-8,16H,9H2/b13-8+. The first kappa shape index (κ1) is 15.0. The van der Waals surface area contributed by atoms with Gasteiger partial charge in [-0.25, -0.2) is 0 Å². The molecule has 1 aromatic heterocycles. The van der Waals surface area contributed by atoms with Gasteiger partial charge in [-0.1, -0.05) is 18.2 Å². The molecule has 3 rings (SSSR count). The summed E-state index contributed by atoms with van der Waals surface area (Å²) in [4.78, 5) is 39.2. The molecule has 1 aromatic carbocycles. The van der Waals surface area contributed by atoms with Crippen LogP contribution in [-0.4, -0.2) is 26.0 Å². The molecule has 8 heteroatoms. The minimum Gasteiger partial charge on any atom is -0.362 e. The number of para-hydroxylation sites is 1. The zero-order valence-corrected chi connectivity index (χ0v) is 12.6. The lowest BCUT2D eigenvalue weighted by Crippen LogP contribution is -2.27. The molecule has 0 atom stereocenters. The summed E-state index contributed by atoms with van der Waals surface area (Å²) in [5.74, 6) is -0.451. The van der Waals surface area contributed by atoms with Gasteiger partial charge in [0.05, 0.1) is 16.4 Å². The molecule has 2 aromatic rings. The number of aromatic amines is 1. The third-order valence-corrected chi connectivity index (χ3v) is 4.21. The number of carbonyl (C=O) groups excluding carboxylic acids is 2. The van der Waals surface area contributed by atoms with Crippen LogP contribution >= 0.6 is 11.8 Å². The summed E-state index contributed by atoms with van der Waals surface area (Å²) in [5, 5.41) is 10.6. The number of H-pyrrole nitrogens is 1. The van der Waals surface area contributed by atoms with Crippen molar-refractivity contribution >= 4 is 34.7 Å². The number of aromatic nitrogens is 1. The van der Waals surface area contributed by atoms with E-state index in [-0.39, 0.29) is 17.1 Å². The van der Waals surface area contributed by atoms with Crippen LogP contribution in [0.5, 0.6) is 0 Å². The van der Waals surface area contributed by atoms with Gasteiger partial charge in [0.15, 0.2) is 0 Å². The first-order valence-corrected chi connectivity index (χ1v) is 7.49. The number of carbonyl (C=O) groups is 2. The van der Waals surface area contributed by atoms with Gasteiger partial charge in [-0.15, -0.1) is 0 Å². The van der Waals surface area contributed by atoms with Crippen LogP contribution in [0.1, 0.15) is 11.3 Å². The number of imide groups is 1. The first-order chi connectivity index (χ1) is 11.1. The zero-order valence-electron chi connectivity index (χ0n) is 11.8. The van der Waals surface area contributed by atoms with E-state index in [0.29, 0.717) is 11.3 Å². The molecular formula is C15H11N3O4S. The van der Waals surface area contributed by atoms with Crippen molar-refractivity contribution in [3.8, 4) is 0 Å². The van der Waals surface area contributed by atoms with Crippen LogP contribution in [-0.2, 0) is 11.3 Å². The highest BCUT2D eigenvalue weighted by Gasteiger charge is 2.36. The van der Waals surface area contributed by atoms with Gasteiger partial charge in [0.25, 0.3) is 16.8 Å². The molecule has 1 aliphatic heterocycles. The summed E-state index contributed by atoms with van der Waals surface area (Å²) in [6.45, 7) is -0.121. The minimum absolute atomic E-state index is 0.111. The van der Waals surface area contributed by atoms with Gasteiger partial charge < -0.3 is 4.98 Å². The highest BCUT2D eigenvalue weighted by atomic mass is 32.2. The lowest BCUT2D eigenvalue weighted by molar-refractivity contribution is -0.385. The Balaban J connectivity index is 1.86. The third-order valence-electron chi connectivity index (χ3n) is 3.30. The smallest absolute Gasteiger partial charge is 0.293 e. The molecule has 116 valence electrons. The van der Waals surface area contributed by atoms with Crippen LogP contribution in [0.15, 0.2) is 47.5 Å². The van der Waals surface area contributed by atoms with Gasteiger partial charge in [0.2, 0.25) is 0 Å². The molecule has 23 heavy (non-hydrogen) atoms. The predicted octanol–water partition coefficient (Wildman–Crippen LogP) is 3.16. The van der Waals surface area contributed by atoms with Crippen molar-refractivity contribution in [2.75, 3.05) is 0 Å². The maximum atomic E-state index is 12.4. The summed E-state index contributed by atoms with van der Waals surface area (Å²) >= 11 is 0.822. The number of benzene rings is 1. The minimum atomic E-state index is -0.525. The number of nitrogens with zero attached hydrogens (tertiary/aromatic N) is 2. The monoisotopic (exact) mass is 329 g/mol. The molecule has 0 aliphatic carbocycles. The normalized spacial score (nSPS) is 16.3. The van der Waals surface area contributed by atoms with E-state index in [2.05, 4.69) is 4.98 Å². The fourth-order valence-electron chi connectivity index (χ4n) is 2.20. The number of rotatable bonds is 4. The molecule has 0 radical (unpaired) electrons. The van der Waals surface area contributed by atoms with E-state index in [0.717, 1.165) is 16.7 Å². The quantitative estimate of drug-likeness (QED) is 0.528. The van der Waals surface area contributed by atoms with Crippen molar-refractivity contribution in [3.63, 3.8) is 0 Å². The Bertz CT molecular complexity index is 814. The van der Waals surface area contributed by atoms with E-state index in [1.165, 1.54) is 12.1 Å². The van der Waals surface area contributed by atoms with E-state index in [1.807, 2.05) is 0 Å². The maximum absolute atomic E-state index is 12.4. The van der Waals surface area contributed by atoms with E-state index in [4.69, 9.17) is 0 Å². The molecule has 0 saturated carbocycles. The topological polar surface area (TPSA) is 96.3 Å². The summed E-state index contributed by atoms with van der Waals surface area (Å²) in [5.41, 5.74) is 0.919. The Morgan fingerprint density at radius 3 is 2.70 bits per heavy atom. The van der Waals surface area contributed by atoms with Crippen molar-refractivity contribution in [1.29, 1.82) is 0 Å². The average molecular weight is 329 g/mol. The fraction of sp³-hybridized carbons (Fsp3) is 0.0667. The van der Waals surface area contributed by atoms with Gasteiger partial charge in [0.1, 0.15) is 0 Å². The van der Waals surface area contributed by atoms with Crippen LogP contribution in [0.3, 0.4) is 0 Å². The summed E-state index contributed by atoms with van der Waals surface area (Å²) < 4.78 is 0. The Hall–Kier alpha value is -2.87. The molecule has 0 spiro atoms. The maximum Gasteiger partial charge on any atom is 0.293 e. The van der Waals surface area contributed by atoms with Crippen molar-refractivity contribution in [2.24, 2.45) is 0 Å². The summed E-state index contributed by atoms with van der Waals surface area (Å²) in [6, 6.07) is 9.62. The second-order valence-electron chi connectivity index (χ2n) is 4.78. The molecule has 1 aliphatic rings. The van der Waals surface area contributed by atoms with Crippen LogP contribution in [0.4, 0.5) is 10.5 Å². The molecule has 1 fully saturated rings. The zero-order chi connectivity index (χ0) is 16.4. The number of amides is 2. The average Bonchev–Trinajstić information content (AvgIpc) is 3.12. The molecule has 0 unspecified atom stereocenters. The predicted molar refractivity (Wildman–Crippen MR) is 85.4 cm³/mol. The molecular weight excluding hydrogens is 318 g/mol. The number of hydrogen-bond acceptors (Lipinski definition) is 5. The molecule has 0 bridgehead atoms. The van der Waals surface area contributed by atoms with Crippen molar-refractivity contribution in [1.82, 2.24) is 9.88 Å². The molecule has 1 N–H and O–H groups in total. The Morgan fingerprint density at radius 1 is 1.22 bits per heavy atom. The number of thioether (sulfide) groups is 1. The molecule has 7 nitrogen and oxygen atoms in total. The van der Waals surface area contributed by atoms with Crippen molar-refractivity contribution < 1.29 is 14.5 Å². The van der Waals surface area contributed by atoms with E-state index >= 15 is 0 Å². The second kappa shape index (κ2) is 6.09. The van der Waals surface area contributed by atoms with Crippen molar-refractivity contribution in [3.05, 3.63) is 68.9 Å². The number of nitro groups is 1. The highest BCUT2D eigenvalue weighted by molar-refractivity contribution is 8.18. The van der Waals surface area contributed by atoms with E-state index < -0.39 is 16.1 Å². The summed E-state index contributed by atoms with van der Waals surface area (Å²) in [7, 11) is 0. The SMILES string of the molecule is O=C1S/C(=C/c2ccc[nH]2)C(=O)N1Cc1ccccc1[N+](=O)[O-]. The second-order valence-corrected chi connectivity index (χ2v) is 5.77. The van der Waals surface area contributed by atoms with Gasteiger partial charge in [-0.2, -0.15) is 0 Å². The molecule has 1 saturated heterocycles. The Labute approximate surface area is 135 Å². The number of hydrogen-bond donors (Lipinski definition) is 1. The van der Waals surface area contributed by atoms with Gasteiger partial charge in [0, 0.05) is 23.5 Å². The van der Waals surface area contributed by atoms with Crippen LogP contribution in [0, 0.1) is 10.1 Å². The van der Waals surface area contributed by atoms with Crippen LogP contribution in [0.25, 0.3) is 6.08 Å². The van der Waals surface area contributed by atoms with Crippen molar-refractivity contribution in [2.45, 2.75) is 6.54 Å². The fourth-order valence-corrected chi connectivity index (χ4v) is 3.03. The van der Waals surface area contributed by atoms with Crippen LogP contribution in [0.2, 0.25) is 0 Å². The van der Waals surface area contributed by atoms with Gasteiger partial charge in [-0.3, -0.25) is 24.6 Å². The first-order valence-electron chi connectivity index (χ1n) is 6.67. The lowest BCUT2D eigenvalue weighted by Gasteiger charge is -2.12. The lowest BCUT2D eigenvalue weighted by atomic mass is 10.1. The molecule has 2 amide bonds. The number of nitro benzene ring substituents is 1. The Kier molecular flexibility index (Phi) is 3.98. The molecule has 2 heterocycles. The Morgan fingerprint density at radius 2 is 2.00 bits per heavy atom. The van der Waals surface area contributed by atoms with E-state index in [1.54, 1.807) is 36.5 Å². The number of nitrogens with one attached hydrogen (secondary N) is 1. The largest absolute Gasteiger partial charge is 0.362 e. The van der Waals surface area contributed by atoms with Gasteiger partial charge >= 0.3 is 0 Å².